The molecule has 0 spiro atoms. The maximum absolute atomic E-state index is 6.02. The van der Waals surface area contributed by atoms with Crippen molar-refractivity contribution in [2.45, 2.75) is 51.6 Å². The van der Waals surface area contributed by atoms with E-state index >= 15 is 0 Å². The topological polar surface area (TPSA) is 21.7 Å². The zero-order valence-electron chi connectivity index (χ0n) is 11.9. The van der Waals surface area contributed by atoms with Gasteiger partial charge >= 0.3 is 0 Å². The van der Waals surface area contributed by atoms with E-state index in [1.54, 1.807) is 5.23 Å². The van der Waals surface area contributed by atoms with Gasteiger partial charge in [0.25, 0.3) is 0 Å². The first-order chi connectivity index (χ1) is 8.28. The van der Waals surface area contributed by atoms with Crippen molar-refractivity contribution in [3.8, 4) is 0 Å². The Morgan fingerprint density at radius 2 is 1.83 bits per heavy atom. The lowest BCUT2D eigenvalue weighted by molar-refractivity contribution is -0.344. The van der Waals surface area contributed by atoms with Crippen LogP contribution in [0.3, 0.4) is 0 Å². The second kappa shape index (κ2) is 4.77. The molecule has 0 saturated carbocycles. The second-order valence-corrected chi connectivity index (χ2v) is 10.9. The summed E-state index contributed by atoms with van der Waals surface area (Å²) in [5.41, 5.74) is 1.13. The monoisotopic (exact) mass is 265 g/mol. The lowest BCUT2D eigenvalue weighted by Crippen LogP contribution is -2.44. The van der Waals surface area contributed by atoms with Crippen LogP contribution in [-0.2, 0) is 9.36 Å². The summed E-state index contributed by atoms with van der Waals surface area (Å²) < 4.78 is 6.02. The Balaban J connectivity index is 2.12. The summed E-state index contributed by atoms with van der Waals surface area (Å²) in [6, 6.07) is 10.3. The number of nitrogens with zero attached hydrogens (tertiary/aromatic N) is 1. The summed E-state index contributed by atoms with van der Waals surface area (Å²) in [5.74, 6) is 0. The van der Waals surface area contributed by atoms with E-state index in [2.05, 4.69) is 45.6 Å². The van der Waals surface area contributed by atoms with E-state index in [0.717, 1.165) is 6.42 Å². The highest BCUT2D eigenvalue weighted by Crippen LogP contribution is 2.40. The van der Waals surface area contributed by atoms with Crippen molar-refractivity contribution in [3.05, 3.63) is 35.9 Å². The summed E-state index contributed by atoms with van der Waals surface area (Å²) in [4.78, 5) is 5.98. The summed E-state index contributed by atoms with van der Waals surface area (Å²) in [7, 11) is -1.64. The Bertz CT molecular complexity index is 400. The van der Waals surface area contributed by atoms with Gasteiger partial charge in [-0.05, 0) is 39.1 Å². The zero-order chi connectivity index (χ0) is 13.4. The van der Waals surface area contributed by atoms with E-state index in [0.29, 0.717) is 0 Å². The van der Waals surface area contributed by atoms with Crippen molar-refractivity contribution in [2.75, 3.05) is 0 Å². The largest absolute Gasteiger partial charge is 0.321 e. The summed E-state index contributed by atoms with van der Waals surface area (Å²) in [5, 5.41) is 1.73. The van der Waals surface area contributed by atoms with Crippen molar-refractivity contribution in [1.82, 2.24) is 5.23 Å². The van der Waals surface area contributed by atoms with Crippen LogP contribution in [0, 0.1) is 0 Å². The van der Waals surface area contributed by atoms with Crippen LogP contribution in [0.4, 0.5) is 0 Å². The molecule has 1 saturated heterocycles. The van der Waals surface area contributed by atoms with Crippen molar-refractivity contribution < 1.29 is 9.36 Å². The maximum Gasteiger partial charge on any atom is 0.215 e. The minimum Gasteiger partial charge on any atom is -0.321 e. The molecule has 1 aliphatic rings. The lowest BCUT2D eigenvalue weighted by Gasteiger charge is -2.32. The van der Waals surface area contributed by atoms with Gasteiger partial charge < -0.3 is 4.53 Å². The number of rotatable bonds is 3. The highest BCUT2D eigenvalue weighted by Gasteiger charge is 2.43. The van der Waals surface area contributed by atoms with Crippen LogP contribution >= 0.6 is 0 Å². The van der Waals surface area contributed by atoms with Gasteiger partial charge in [-0.25, -0.2) is 0 Å². The fourth-order valence-electron chi connectivity index (χ4n) is 2.06. The van der Waals surface area contributed by atoms with E-state index in [9.17, 15) is 0 Å². The zero-order valence-corrected chi connectivity index (χ0v) is 12.9. The van der Waals surface area contributed by atoms with Gasteiger partial charge in [0.15, 0.2) is 0 Å². The maximum atomic E-state index is 6.02. The van der Waals surface area contributed by atoms with Gasteiger partial charge in [-0.15, -0.1) is 0 Å². The molecule has 0 aromatic heterocycles. The minimum atomic E-state index is -1.64. The van der Waals surface area contributed by atoms with Gasteiger partial charge in [-0.1, -0.05) is 35.6 Å². The van der Waals surface area contributed by atoms with E-state index in [-0.39, 0.29) is 11.6 Å². The molecular weight excluding hydrogens is 242 g/mol. The molecule has 100 valence electrons. The number of hydrogen-bond donors (Lipinski definition) is 0. The second-order valence-electron chi connectivity index (χ2n) is 6.48. The van der Waals surface area contributed by atoms with Crippen molar-refractivity contribution >= 4 is 8.32 Å². The highest BCUT2D eigenvalue weighted by molar-refractivity contribution is 6.69. The average molecular weight is 265 g/mol. The van der Waals surface area contributed by atoms with Gasteiger partial charge in [0.05, 0.1) is 5.54 Å². The first-order valence-electron chi connectivity index (χ1n) is 6.49. The molecule has 0 radical (unpaired) electrons. The van der Waals surface area contributed by atoms with E-state index < -0.39 is 8.32 Å². The normalized spacial score (nSPS) is 24.4. The summed E-state index contributed by atoms with van der Waals surface area (Å²) >= 11 is 0. The molecule has 1 fully saturated rings. The fourth-order valence-corrected chi connectivity index (χ4v) is 2.85. The third kappa shape index (κ3) is 3.20. The Labute approximate surface area is 111 Å². The van der Waals surface area contributed by atoms with Gasteiger partial charge in [-0.2, -0.15) is 0 Å². The molecule has 0 aliphatic carbocycles. The van der Waals surface area contributed by atoms with Gasteiger partial charge in [0.1, 0.15) is 6.10 Å². The molecule has 18 heavy (non-hydrogen) atoms. The Morgan fingerprint density at radius 3 is 2.39 bits per heavy atom. The molecule has 4 heteroatoms. The average Bonchev–Trinajstić information content (AvgIpc) is 2.54. The molecule has 0 amide bonds. The van der Waals surface area contributed by atoms with Crippen LogP contribution in [0.2, 0.25) is 19.6 Å². The number of hydroxylamine groups is 2. The van der Waals surface area contributed by atoms with Crippen LogP contribution in [0.1, 0.15) is 31.9 Å². The molecular formula is C14H23NO2Si. The molecule has 1 atom stereocenters. The van der Waals surface area contributed by atoms with Crippen LogP contribution in [0.25, 0.3) is 0 Å². The van der Waals surface area contributed by atoms with Crippen LogP contribution in [0.5, 0.6) is 0 Å². The Morgan fingerprint density at radius 1 is 1.22 bits per heavy atom. The Kier molecular flexibility index (Phi) is 3.64. The third-order valence-corrected chi connectivity index (χ3v) is 3.64. The van der Waals surface area contributed by atoms with Gasteiger partial charge in [-0.3, -0.25) is 4.84 Å². The molecule has 0 bridgehead atoms. The minimum absolute atomic E-state index is 0.0826. The highest BCUT2D eigenvalue weighted by atomic mass is 28.4. The molecule has 1 unspecified atom stereocenters. The molecule has 0 N–H and O–H groups in total. The predicted molar refractivity (Wildman–Crippen MR) is 75.2 cm³/mol. The SMILES string of the molecule is CC1(C)CC(c2ccccc2)ON1O[Si](C)(C)C. The summed E-state index contributed by atoms with van der Waals surface area (Å²) in [6.45, 7) is 10.8. The standard InChI is InChI=1S/C14H23NO2Si/c1-14(2)11-13(12-9-7-6-8-10-12)16-15(14)17-18(3,4)5/h6-10,13H,11H2,1-5H3. The summed E-state index contributed by atoms with van der Waals surface area (Å²) in [6.07, 6.45) is 1.04. The first kappa shape index (κ1) is 13.7. The molecule has 2 rings (SSSR count). The number of benzene rings is 1. The van der Waals surface area contributed by atoms with Gasteiger partial charge in [0, 0.05) is 6.42 Å². The molecule has 3 nitrogen and oxygen atoms in total. The third-order valence-electron chi connectivity index (χ3n) is 2.93. The van der Waals surface area contributed by atoms with Crippen LogP contribution in [0.15, 0.2) is 30.3 Å². The van der Waals surface area contributed by atoms with Crippen LogP contribution < -0.4 is 0 Å². The van der Waals surface area contributed by atoms with E-state index in [1.165, 1.54) is 5.56 Å². The Hall–Kier alpha value is -0.683. The predicted octanol–water partition coefficient (Wildman–Crippen LogP) is 3.91. The van der Waals surface area contributed by atoms with E-state index in [4.69, 9.17) is 9.36 Å². The van der Waals surface area contributed by atoms with Gasteiger partial charge in [0.2, 0.25) is 8.32 Å². The van der Waals surface area contributed by atoms with Crippen molar-refractivity contribution in [3.63, 3.8) is 0 Å². The van der Waals surface area contributed by atoms with Crippen molar-refractivity contribution in [2.24, 2.45) is 0 Å². The lowest BCUT2D eigenvalue weighted by atomic mass is 9.95. The van der Waals surface area contributed by atoms with Crippen molar-refractivity contribution in [1.29, 1.82) is 0 Å². The first-order valence-corrected chi connectivity index (χ1v) is 9.90. The number of hydrogen-bond acceptors (Lipinski definition) is 3. The quantitative estimate of drug-likeness (QED) is 0.773. The smallest absolute Gasteiger partial charge is 0.215 e. The fraction of sp³-hybridized carbons (Fsp3) is 0.571. The molecule has 1 heterocycles. The molecule has 1 aliphatic heterocycles. The van der Waals surface area contributed by atoms with Crippen LogP contribution in [-0.4, -0.2) is 19.1 Å². The van der Waals surface area contributed by atoms with E-state index in [1.807, 2.05) is 18.2 Å². The molecule has 1 aromatic rings. The molecule has 1 aromatic carbocycles.